The third-order valence-corrected chi connectivity index (χ3v) is 10.5. The second-order valence-electron chi connectivity index (χ2n) is 13.4. The Morgan fingerprint density at radius 3 is 2.12 bits per heavy atom. The van der Waals surface area contributed by atoms with E-state index in [-0.39, 0.29) is 48.0 Å². The fraction of sp³-hybridized carbons (Fsp3) is 0.350. The summed E-state index contributed by atoms with van der Waals surface area (Å²) < 4.78 is 29.7. The number of hydrogen-bond donors (Lipinski definition) is 3. The Morgan fingerprint density at radius 2 is 1.50 bits per heavy atom. The molecule has 0 unspecified atom stereocenters. The number of benzene rings is 2. The lowest BCUT2D eigenvalue weighted by atomic mass is 10.2. The van der Waals surface area contributed by atoms with Crippen molar-refractivity contribution in [2.24, 2.45) is 10.7 Å². The molecule has 4 N–H and O–H groups in total. The topological polar surface area (TPSA) is 234 Å². The van der Waals surface area contributed by atoms with E-state index in [1.807, 2.05) is 26.0 Å². The Balaban J connectivity index is 1.44. The van der Waals surface area contributed by atoms with E-state index in [9.17, 15) is 24.3 Å². The first-order chi connectivity index (χ1) is 28.8. The van der Waals surface area contributed by atoms with Crippen molar-refractivity contribution >= 4 is 62.2 Å². The van der Waals surface area contributed by atoms with Crippen LogP contribution in [0.4, 0.5) is 5.95 Å². The average Bonchev–Trinajstić information content (AvgIpc) is 3.99. The van der Waals surface area contributed by atoms with Crippen molar-refractivity contribution < 1.29 is 43.2 Å². The number of methoxy groups -OCH3 is 3. The van der Waals surface area contributed by atoms with Crippen LogP contribution in [0.5, 0.6) is 11.5 Å². The number of anilines is 1. The summed E-state index contributed by atoms with van der Waals surface area (Å²) in [7, 11) is 4.46. The van der Waals surface area contributed by atoms with Crippen molar-refractivity contribution in [3.8, 4) is 11.5 Å². The maximum atomic E-state index is 13.7. The molecule has 0 aliphatic heterocycles. The van der Waals surface area contributed by atoms with Gasteiger partial charge in [-0.2, -0.15) is 15.2 Å². The highest BCUT2D eigenvalue weighted by molar-refractivity contribution is 7.16. The predicted octanol–water partition coefficient (Wildman–Crippen LogP) is 4.55. The van der Waals surface area contributed by atoms with Gasteiger partial charge in [0.25, 0.3) is 11.8 Å². The minimum absolute atomic E-state index is 0.0433. The van der Waals surface area contributed by atoms with E-state index in [4.69, 9.17) is 24.7 Å². The minimum atomic E-state index is -1.17. The Bertz CT molecular complexity index is 2700. The molecule has 3 amide bonds. The summed E-state index contributed by atoms with van der Waals surface area (Å²) in [5.74, 6) is -2.12. The van der Waals surface area contributed by atoms with E-state index >= 15 is 0 Å². The first kappa shape index (κ1) is 43.0. The number of carbonyl (C=O) groups is 4. The summed E-state index contributed by atoms with van der Waals surface area (Å²) in [4.78, 5) is 61.3. The number of amides is 3. The first-order valence-corrected chi connectivity index (χ1v) is 19.7. The van der Waals surface area contributed by atoms with E-state index in [2.05, 4.69) is 25.5 Å². The van der Waals surface area contributed by atoms with Gasteiger partial charge in [0.15, 0.2) is 11.1 Å². The van der Waals surface area contributed by atoms with Crippen LogP contribution in [0.2, 0.25) is 0 Å². The molecule has 19 nitrogen and oxygen atoms in total. The molecule has 4 heterocycles. The number of rotatable bonds is 18. The zero-order valence-electron chi connectivity index (χ0n) is 34.2. The van der Waals surface area contributed by atoms with Crippen LogP contribution in [-0.4, -0.2) is 96.7 Å². The summed E-state index contributed by atoms with van der Waals surface area (Å²) >= 11 is 1.18. The number of thiazole rings is 1. The molecule has 0 radical (unpaired) electrons. The number of aryl methyl sites for hydroxylation is 4. The Morgan fingerprint density at radius 1 is 0.867 bits per heavy atom. The Hall–Kier alpha value is -6.64. The molecule has 0 fully saturated rings. The third-order valence-electron chi connectivity index (χ3n) is 9.46. The number of carbonyl (C=O) groups excluding carboxylic acids is 3. The van der Waals surface area contributed by atoms with Gasteiger partial charge in [-0.25, -0.2) is 9.78 Å². The van der Waals surface area contributed by atoms with Crippen LogP contribution in [0.1, 0.15) is 73.3 Å². The standard InChI is InChI=1S/C40H46N10O9S/c1-8-49-27(16-22(3)45-49)36(52)43-39-42-26-18-25(38(54)55)20-29(56-5)33(26)47(39)13-10-11-14-48-34-30(59-15-12-32(57-6)58-7)19-24(35(41)51)21-31(34)60-40(48)44-37(53)28-17-23(4)46-50(28)9-2/h10-11,16-21,32H,8-9,12-15H2,1-7H3,(H2,41,51)(H,54,55)(H,42,43,52)/b11-10+,44-40-. The molecule has 20 heteroatoms. The van der Waals surface area contributed by atoms with Crippen LogP contribution in [0, 0.1) is 13.8 Å². The van der Waals surface area contributed by atoms with Crippen LogP contribution >= 0.6 is 11.3 Å². The van der Waals surface area contributed by atoms with Gasteiger partial charge >= 0.3 is 5.97 Å². The van der Waals surface area contributed by atoms with E-state index in [0.717, 1.165) is 0 Å². The zero-order valence-corrected chi connectivity index (χ0v) is 35.0. The molecule has 0 aliphatic carbocycles. The fourth-order valence-electron chi connectivity index (χ4n) is 6.66. The van der Waals surface area contributed by atoms with Crippen LogP contribution < -0.4 is 25.3 Å². The lowest BCUT2D eigenvalue weighted by Gasteiger charge is -2.15. The second kappa shape index (κ2) is 18.5. The molecule has 0 atom stereocenters. The molecule has 4 aromatic heterocycles. The Labute approximate surface area is 347 Å². The summed E-state index contributed by atoms with van der Waals surface area (Å²) in [5.41, 5.74) is 9.14. The number of aromatic carboxylic acids is 1. The second-order valence-corrected chi connectivity index (χ2v) is 14.4. The van der Waals surface area contributed by atoms with Gasteiger partial charge < -0.3 is 38.9 Å². The lowest BCUT2D eigenvalue weighted by Crippen LogP contribution is -2.20. The smallest absolute Gasteiger partial charge is 0.335 e. The molecule has 0 saturated heterocycles. The number of carboxylic acid groups (broad SMARTS) is 1. The van der Waals surface area contributed by atoms with Gasteiger partial charge in [-0.05, 0) is 64.1 Å². The lowest BCUT2D eigenvalue weighted by molar-refractivity contribution is -0.110. The van der Waals surface area contributed by atoms with E-state index < -0.39 is 30.0 Å². The molecule has 0 saturated carbocycles. The molecule has 0 bridgehead atoms. The van der Waals surface area contributed by atoms with E-state index in [1.54, 1.807) is 56.6 Å². The number of ether oxygens (including phenoxy) is 4. The quantitative estimate of drug-likeness (QED) is 0.0799. The van der Waals surface area contributed by atoms with Gasteiger partial charge in [0.05, 0.1) is 40.9 Å². The number of hydrogen-bond acceptors (Lipinski definition) is 12. The van der Waals surface area contributed by atoms with Crippen LogP contribution in [0.15, 0.2) is 53.5 Å². The number of allylic oxidation sites excluding steroid dienone is 2. The highest BCUT2D eigenvalue weighted by Gasteiger charge is 2.23. The first-order valence-electron chi connectivity index (χ1n) is 18.9. The average molecular weight is 843 g/mol. The van der Waals surface area contributed by atoms with Crippen LogP contribution in [0.3, 0.4) is 0 Å². The molecular formula is C40H46N10O9S. The SMILES string of the molecule is CCn1nc(C)cc1C(=O)/N=c1\sc2cc(C(N)=O)cc(OCCC(OC)OC)c2n1C/C=C/Cn1c(NC(=O)c2cc(C)nn2CC)nc2cc(C(=O)O)cc(OC)c21. The summed E-state index contributed by atoms with van der Waals surface area (Å²) in [5, 5.41) is 21.5. The van der Waals surface area contributed by atoms with E-state index in [0.29, 0.717) is 68.6 Å². The molecule has 0 spiro atoms. The van der Waals surface area contributed by atoms with Gasteiger partial charge in [-0.15, -0.1) is 0 Å². The number of aromatic nitrogens is 7. The van der Waals surface area contributed by atoms with Crippen LogP contribution in [0.25, 0.3) is 21.3 Å². The largest absolute Gasteiger partial charge is 0.494 e. The highest BCUT2D eigenvalue weighted by atomic mass is 32.1. The Kier molecular flexibility index (Phi) is 13.3. The monoisotopic (exact) mass is 842 g/mol. The molecule has 316 valence electrons. The molecule has 0 aliphatic rings. The zero-order chi connectivity index (χ0) is 43.2. The van der Waals surface area contributed by atoms with Crippen molar-refractivity contribution in [3.63, 3.8) is 0 Å². The minimum Gasteiger partial charge on any atom is -0.494 e. The van der Waals surface area contributed by atoms with Crippen molar-refractivity contribution in [1.29, 1.82) is 0 Å². The maximum Gasteiger partial charge on any atom is 0.335 e. The van der Waals surface area contributed by atoms with Crippen molar-refractivity contribution in [1.82, 2.24) is 33.7 Å². The number of nitrogens with two attached hydrogens (primary N) is 1. The van der Waals surface area contributed by atoms with E-state index in [1.165, 1.54) is 44.8 Å². The molecular weight excluding hydrogens is 797 g/mol. The normalized spacial score (nSPS) is 12.0. The summed E-state index contributed by atoms with van der Waals surface area (Å²) in [6, 6.07) is 9.31. The number of carboxylic acids is 1. The van der Waals surface area contributed by atoms with Crippen LogP contribution in [-0.2, 0) is 35.7 Å². The third kappa shape index (κ3) is 8.99. The molecule has 60 heavy (non-hydrogen) atoms. The molecule has 6 rings (SSSR count). The van der Waals surface area contributed by atoms with Gasteiger partial charge in [0.2, 0.25) is 11.9 Å². The summed E-state index contributed by atoms with van der Waals surface area (Å²) in [6.07, 6.45) is 3.48. The van der Waals surface area contributed by atoms with Gasteiger partial charge in [0, 0.05) is 52.4 Å². The maximum absolute atomic E-state index is 13.7. The number of fused-ring (bicyclic) bond motifs is 2. The van der Waals surface area contributed by atoms with Gasteiger partial charge in [-0.1, -0.05) is 23.5 Å². The molecule has 6 aromatic rings. The van der Waals surface area contributed by atoms with Gasteiger partial charge in [-0.3, -0.25) is 29.1 Å². The number of primary amides is 1. The highest BCUT2D eigenvalue weighted by Crippen LogP contribution is 2.32. The number of imidazole rings is 1. The van der Waals surface area contributed by atoms with Crippen molar-refractivity contribution in [3.05, 3.63) is 87.3 Å². The number of nitrogens with one attached hydrogen (secondary N) is 1. The number of nitrogens with zero attached hydrogens (tertiary/aromatic N) is 8. The van der Waals surface area contributed by atoms with Crippen molar-refractivity contribution in [2.75, 3.05) is 33.3 Å². The van der Waals surface area contributed by atoms with Crippen molar-refractivity contribution in [2.45, 2.75) is 66.6 Å². The predicted molar refractivity (Wildman–Crippen MR) is 222 cm³/mol. The summed E-state index contributed by atoms with van der Waals surface area (Å²) in [6.45, 7) is 8.69. The molecule has 2 aromatic carbocycles. The fourth-order valence-corrected chi connectivity index (χ4v) is 7.75. The van der Waals surface area contributed by atoms with Gasteiger partial charge in [0.1, 0.15) is 33.9 Å².